The van der Waals surface area contributed by atoms with Crippen LogP contribution in [0.4, 0.5) is 5.69 Å². The molecule has 1 N–H and O–H groups in total. The molecule has 8 nitrogen and oxygen atoms in total. The Bertz CT molecular complexity index is 761. The second-order valence-corrected chi connectivity index (χ2v) is 7.22. The van der Waals surface area contributed by atoms with E-state index in [1.165, 1.54) is 4.90 Å². The Morgan fingerprint density at radius 2 is 1.96 bits per heavy atom. The highest BCUT2D eigenvalue weighted by molar-refractivity contribution is 7.89. The van der Waals surface area contributed by atoms with Crippen LogP contribution in [0.25, 0.3) is 0 Å². The summed E-state index contributed by atoms with van der Waals surface area (Å²) >= 11 is 0. The summed E-state index contributed by atoms with van der Waals surface area (Å²) in [5.41, 5.74) is 0.592. The van der Waals surface area contributed by atoms with E-state index in [-0.39, 0.29) is 18.9 Å². The van der Waals surface area contributed by atoms with Crippen LogP contribution in [0.5, 0.6) is 11.5 Å². The number of ether oxygens (including phenoxy) is 2. The number of hydrogen-bond donors (Lipinski definition) is 1. The number of anilines is 1. The van der Waals surface area contributed by atoms with Crippen molar-refractivity contribution in [1.82, 2.24) is 4.72 Å². The molecule has 124 valence electrons. The molecular weight excluding hydrogens is 324 g/mol. The van der Waals surface area contributed by atoms with Gasteiger partial charge in [0.05, 0.1) is 12.2 Å². The minimum atomic E-state index is -3.64. The minimum absolute atomic E-state index is 0.0319. The van der Waals surface area contributed by atoms with E-state index in [0.717, 1.165) is 6.26 Å². The van der Waals surface area contributed by atoms with Crippen molar-refractivity contribution in [2.75, 3.05) is 30.9 Å². The maximum atomic E-state index is 12.1. The normalized spacial score (nSPS) is 20.5. The van der Waals surface area contributed by atoms with Gasteiger partial charge in [-0.3, -0.25) is 14.3 Å². The highest BCUT2D eigenvalue weighted by Crippen LogP contribution is 2.35. The summed E-state index contributed by atoms with van der Waals surface area (Å²) in [5.74, 6) is -0.453. The lowest BCUT2D eigenvalue weighted by Crippen LogP contribution is -2.36. The number of benzene rings is 1. The molecule has 0 saturated carbocycles. The van der Waals surface area contributed by atoms with Gasteiger partial charge in [0.15, 0.2) is 11.5 Å². The van der Waals surface area contributed by atoms with Crippen LogP contribution in [0.1, 0.15) is 6.42 Å². The first-order valence-corrected chi connectivity index (χ1v) is 8.94. The van der Waals surface area contributed by atoms with Gasteiger partial charge < -0.3 is 14.4 Å². The molecule has 1 fully saturated rings. The third-order valence-electron chi connectivity index (χ3n) is 3.62. The van der Waals surface area contributed by atoms with Crippen molar-refractivity contribution >= 4 is 27.5 Å². The Morgan fingerprint density at radius 3 is 2.65 bits per heavy atom. The van der Waals surface area contributed by atoms with Gasteiger partial charge in [0.25, 0.3) is 0 Å². The number of amides is 2. The van der Waals surface area contributed by atoms with E-state index in [4.69, 9.17) is 9.47 Å². The third-order valence-corrected chi connectivity index (χ3v) is 4.19. The van der Waals surface area contributed by atoms with Gasteiger partial charge >= 0.3 is 0 Å². The molecule has 1 unspecified atom stereocenters. The summed E-state index contributed by atoms with van der Waals surface area (Å²) in [6, 6.07) is 5.10. The smallest absolute Gasteiger partial charge is 0.238 e. The number of carbonyl (C=O) groups excluding carboxylic acids is 2. The largest absolute Gasteiger partial charge is 0.486 e. The van der Waals surface area contributed by atoms with E-state index >= 15 is 0 Å². The SMILES string of the molecule is CS(=O)(=O)NC(=O)C1CC(=O)N(c2ccc3c(c2)OCCO3)C1. The maximum absolute atomic E-state index is 12.1. The van der Waals surface area contributed by atoms with Crippen LogP contribution in [0.15, 0.2) is 18.2 Å². The molecule has 2 amide bonds. The molecule has 23 heavy (non-hydrogen) atoms. The molecule has 1 aromatic carbocycles. The molecule has 3 rings (SSSR count). The fraction of sp³-hybridized carbons (Fsp3) is 0.429. The molecule has 0 spiro atoms. The average molecular weight is 340 g/mol. The summed E-state index contributed by atoms with van der Waals surface area (Å²) < 4.78 is 35.1. The van der Waals surface area contributed by atoms with Gasteiger partial charge in [0.1, 0.15) is 13.2 Å². The predicted molar refractivity (Wildman–Crippen MR) is 80.9 cm³/mol. The van der Waals surface area contributed by atoms with Gasteiger partial charge in [-0.2, -0.15) is 0 Å². The van der Waals surface area contributed by atoms with Crippen molar-refractivity contribution in [1.29, 1.82) is 0 Å². The molecule has 1 saturated heterocycles. The van der Waals surface area contributed by atoms with Crippen LogP contribution in [0, 0.1) is 5.92 Å². The second kappa shape index (κ2) is 5.73. The molecule has 2 aliphatic heterocycles. The molecule has 1 atom stereocenters. The number of nitrogens with one attached hydrogen (secondary N) is 1. The first-order valence-electron chi connectivity index (χ1n) is 7.05. The van der Waals surface area contributed by atoms with E-state index in [1.807, 2.05) is 4.72 Å². The Hall–Kier alpha value is -2.29. The lowest BCUT2D eigenvalue weighted by atomic mass is 10.1. The van der Waals surface area contributed by atoms with Crippen LogP contribution < -0.4 is 19.1 Å². The van der Waals surface area contributed by atoms with Gasteiger partial charge in [-0.15, -0.1) is 0 Å². The molecule has 1 aromatic rings. The molecule has 0 radical (unpaired) electrons. The quantitative estimate of drug-likeness (QED) is 0.823. The maximum Gasteiger partial charge on any atom is 0.238 e. The highest BCUT2D eigenvalue weighted by atomic mass is 32.2. The number of hydrogen-bond acceptors (Lipinski definition) is 6. The zero-order valence-corrected chi connectivity index (χ0v) is 13.3. The molecule has 2 heterocycles. The first kappa shape index (κ1) is 15.6. The average Bonchev–Trinajstić information content (AvgIpc) is 2.87. The van der Waals surface area contributed by atoms with E-state index in [9.17, 15) is 18.0 Å². The molecule has 0 bridgehead atoms. The van der Waals surface area contributed by atoms with E-state index < -0.39 is 21.8 Å². The summed E-state index contributed by atoms with van der Waals surface area (Å²) in [6.45, 7) is 1.03. The van der Waals surface area contributed by atoms with Crippen molar-refractivity contribution in [3.63, 3.8) is 0 Å². The van der Waals surface area contributed by atoms with Gasteiger partial charge in [0.2, 0.25) is 21.8 Å². The van der Waals surface area contributed by atoms with E-state index in [0.29, 0.717) is 30.4 Å². The van der Waals surface area contributed by atoms with Gasteiger partial charge in [0, 0.05) is 24.7 Å². The predicted octanol–water partition coefficient (Wildman–Crippen LogP) is -0.113. The fourth-order valence-corrected chi connectivity index (χ4v) is 3.13. The van der Waals surface area contributed by atoms with Crippen molar-refractivity contribution in [2.45, 2.75) is 6.42 Å². The van der Waals surface area contributed by atoms with Crippen molar-refractivity contribution in [2.24, 2.45) is 5.92 Å². The number of nitrogens with zero attached hydrogens (tertiary/aromatic N) is 1. The standard InChI is InChI=1S/C14H16N2O6S/c1-23(19,20)15-14(18)9-6-13(17)16(8-9)10-2-3-11-12(7-10)22-5-4-21-11/h2-3,7,9H,4-6,8H2,1H3,(H,15,18). The Balaban J connectivity index is 1.77. The number of sulfonamides is 1. The summed E-state index contributed by atoms with van der Waals surface area (Å²) in [4.78, 5) is 25.5. The Labute approximate surface area is 133 Å². The number of fused-ring (bicyclic) bond motifs is 1. The highest BCUT2D eigenvalue weighted by Gasteiger charge is 2.36. The van der Waals surface area contributed by atoms with Crippen molar-refractivity contribution in [3.8, 4) is 11.5 Å². The van der Waals surface area contributed by atoms with Crippen LogP contribution in [-0.4, -0.2) is 46.2 Å². The summed E-state index contributed by atoms with van der Waals surface area (Å²) in [6.07, 6.45) is 0.871. The third kappa shape index (κ3) is 3.39. The van der Waals surface area contributed by atoms with Crippen molar-refractivity contribution in [3.05, 3.63) is 18.2 Å². The van der Waals surface area contributed by atoms with Crippen LogP contribution in [0.3, 0.4) is 0 Å². The van der Waals surface area contributed by atoms with Gasteiger partial charge in [-0.05, 0) is 12.1 Å². The van der Waals surface area contributed by atoms with Crippen LogP contribution in [0.2, 0.25) is 0 Å². The first-order chi connectivity index (χ1) is 10.8. The number of carbonyl (C=O) groups is 2. The van der Waals surface area contributed by atoms with E-state index in [1.54, 1.807) is 18.2 Å². The van der Waals surface area contributed by atoms with Crippen LogP contribution in [-0.2, 0) is 19.6 Å². The topological polar surface area (TPSA) is 102 Å². The van der Waals surface area contributed by atoms with Crippen molar-refractivity contribution < 1.29 is 27.5 Å². The summed E-state index contributed by atoms with van der Waals surface area (Å²) in [7, 11) is -3.64. The molecular formula is C14H16N2O6S. The molecule has 0 aliphatic carbocycles. The second-order valence-electron chi connectivity index (χ2n) is 5.47. The minimum Gasteiger partial charge on any atom is -0.486 e. The Kier molecular flexibility index (Phi) is 3.88. The lowest BCUT2D eigenvalue weighted by Gasteiger charge is -2.22. The monoisotopic (exact) mass is 340 g/mol. The summed E-state index contributed by atoms with van der Waals surface area (Å²) in [5, 5.41) is 0. The van der Waals surface area contributed by atoms with E-state index in [2.05, 4.69) is 0 Å². The van der Waals surface area contributed by atoms with Gasteiger partial charge in [-0.25, -0.2) is 8.42 Å². The zero-order chi connectivity index (χ0) is 16.6. The zero-order valence-electron chi connectivity index (χ0n) is 12.4. The Morgan fingerprint density at radius 1 is 1.26 bits per heavy atom. The number of rotatable bonds is 3. The van der Waals surface area contributed by atoms with Gasteiger partial charge in [-0.1, -0.05) is 0 Å². The molecule has 9 heteroatoms. The molecule has 0 aromatic heterocycles. The molecule has 2 aliphatic rings. The fourth-order valence-electron chi connectivity index (χ4n) is 2.60. The lowest BCUT2D eigenvalue weighted by molar-refractivity contribution is -0.124. The van der Waals surface area contributed by atoms with Crippen LogP contribution >= 0.6 is 0 Å².